The maximum Gasteiger partial charge on any atom is 0.343 e. The molecule has 0 spiro atoms. The minimum atomic E-state index is -0.498. The molecule has 0 aromatic heterocycles. The average molecular weight is 434 g/mol. The third-order valence-electron chi connectivity index (χ3n) is 4.75. The zero-order valence-corrected chi connectivity index (χ0v) is 18.1. The fraction of sp³-hybridized carbons (Fsp3) is 0.231. The largest absolute Gasteiger partial charge is 0.494 e. The van der Waals surface area contributed by atoms with Crippen LogP contribution in [-0.2, 0) is 0 Å². The van der Waals surface area contributed by atoms with E-state index in [1.165, 1.54) is 12.8 Å². The number of nitrogens with two attached hydrogens (primary N) is 1. The van der Waals surface area contributed by atoms with Crippen molar-refractivity contribution in [3.63, 3.8) is 0 Å². The lowest BCUT2D eigenvalue weighted by molar-refractivity contribution is 0.0719. The van der Waals surface area contributed by atoms with Gasteiger partial charge < -0.3 is 19.9 Å². The topological polar surface area (TPSA) is 87.9 Å². The molecule has 32 heavy (non-hydrogen) atoms. The number of hydrogen-bond acceptors (Lipinski definition) is 6. The number of ether oxygens (including phenoxy) is 3. The number of hydrogen-bond donors (Lipinski definition) is 1. The number of nitrogen functional groups attached to an aromatic ring is 1. The zero-order chi connectivity index (χ0) is 22.8. The van der Waals surface area contributed by atoms with Crippen molar-refractivity contribution in [1.82, 2.24) is 0 Å². The van der Waals surface area contributed by atoms with E-state index in [2.05, 4.69) is 6.92 Å². The standard InChI is InChI=1S/C26H27NO5/c1-2-3-4-5-18-30-22-12-8-20(9-13-22)26(29)32-24-16-14-23(15-17-24)31-25(28)19-6-10-21(27)11-7-19/h6-17H,2-5,18,27H2,1H3. The van der Waals surface area contributed by atoms with E-state index in [0.29, 0.717) is 34.9 Å². The summed E-state index contributed by atoms with van der Waals surface area (Å²) in [5.74, 6) is 0.435. The Kier molecular flexibility index (Phi) is 8.26. The molecule has 166 valence electrons. The van der Waals surface area contributed by atoms with Gasteiger partial charge in [-0.3, -0.25) is 0 Å². The van der Waals surface area contributed by atoms with Gasteiger partial charge in [0.05, 0.1) is 17.7 Å². The van der Waals surface area contributed by atoms with Crippen molar-refractivity contribution in [2.75, 3.05) is 12.3 Å². The summed E-state index contributed by atoms with van der Waals surface area (Å²) < 4.78 is 16.4. The van der Waals surface area contributed by atoms with Crippen molar-refractivity contribution in [2.24, 2.45) is 0 Å². The van der Waals surface area contributed by atoms with Gasteiger partial charge in [-0.1, -0.05) is 26.2 Å². The SMILES string of the molecule is CCCCCCOc1ccc(C(=O)Oc2ccc(OC(=O)c3ccc(N)cc3)cc2)cc1. The van der Waals surface area contributed by atoms with Gasteiger partial charge in [0.1, 0.15) is 17.2 Å². The molecule has 6 nitrogen and oxygen atoms in total. The normalized spacial score (nSPS) is 10.4. The van der Waals surface area contributed by atoms with Crippen LogP contribution in [0.1, 0.15) is 53.3 Å². The van der Waals surface area contributed by atoms with Gasteiger partial charge >= 0.3 is 11.9 Å². The Morgan fingerprint density at radius 1 is 0.656 bits per heavy atom. The maximum atomic E-state index is 12.4. The molecule has 3 aromatic carbocycles. The van der Waals surface area contributed by atoms with E-state index in [0.717, 1.165) is 18.6 Å². The highest BCUT2D eigenvalue weighted by Crippen LogP contribution is 2.21. The summed E-state index contributed by atoms with van der Waals surface area (Å²) in [4.78, 5) is 24.5. The van der Waals surface area contributed by atoms with Crippen molar-refractivity contribution in [1.29, 1.82) is 0 Å². The number of anilines is 1. The predicted molar refractivity (Wildman–Crippen MR) is 123 cm³/mol. The summed E-state index contributed by atoms with van der Waals surface area (Å²) in [7, 11) is 0. The molecule has 0 radical (unpaired) electrons. The number of benzene rings is 3. The average Bonchev–Trinajstić information content (AvgIpc) is 2.81. The van der Waals surface area contributed by atoms with Gasteiger partial charge in [0.2, 0.25) is 0 Å². The van der Waals surface area contributed by atoms with Gasteiger partial charge in [0.25, 0.3) is 0 Å². The summed E-state index contributed by atoms with van der Waals surface area (Å²) in [6, 6.07) is 19.6. The molecule has 0 aliphatic heterocycles. The maximum absolute atomic E-state index is 12.4. The zero-order valence-electron chi connectivity index (χ0n) is 18.1. The Hall–Kier alpha value is -3.80. The first-order valence-corrected chi connectivity index (χ1v) is 10.7. The van der Waals surface area contributed by atoms with Crippen LogP contribution >= 0.6 is 0 Å². The molecule has 0 aliphatic rings. The minimum absolute atomic E-state index is 0.340. The van der Waals surface area contributed by atoms with Gasteiger partial charge in [-0.25, -0.2) is 9.59 Å². The van der Waals surface area contributed by atoms with E-state index in [4.69, 9.17) is 19.9 Å². The summed E-state index contributed by atoms with van der Waals surface area (Å²) >= 11 is 0. The molecule has 0 saturated carbocycles. The third kappa shape index (κ3) is 6.87. The number of unbranched alkanes of at least 4 members (excludes halogenated alkanes) is 3. The smallest absolute Gasteiger partial charge is 0.343 e. The molecule has 0 unspecified atom stereocenters. The van der Waals surface area contributed by atoms with Gasteiger partial charge in [-0.15, -0.1) is 0 Å². The highest BCUT2D eigenvalue weighted by molar-refractivity contribution is 5.92. The van der Waals surface area contributed by atoms with Crippen molar-refractivity contribution >= 4 is 17.6 Å². The summed E-state index contributed by atoms with van der Waals surface area (Å²) in [6.45, 7) is 2.84. The van der Waals surface area contributed by atoms with Crippen LogP contribution in [0.2, 0.25) is 0 Å². The van der Waals surface area contributed by atoms with Crippen molar-refractivity contribution in [3.05, 3.63) is 83.9 Å². The molecular weight excluding hydrogens is 406 g/mol. The first-order chi connectivity index (χ1) is 15.5. The highest BCUT2D eigenvalue weighted by atomic mass is 16.5. The fourth-order valence-corrected chi connectivity index (χ4v) is 2.93. The first-order valence-electron chi connectivity index (χ1n) is 10.7. The van der Waals surface area contributed by atoms with Crippen molar-refractivity contribution < 1.29 is 23.8 Å². The van der Waals surface area contributed by atoms with E-state index < -0.39 is 11.9 Å². The monoisotopic (exact) mass is 433 g/mol. The van der Waals surface area contributed by atoms with Gasteiger partial charge in [-0.2, -0.15) is 0 Å². The molecule has 6 heteroatoms. The molecule has 0 fully saturated rings. The lowest BCUT2D eigenvalue weighted by Gasteiger charge is -2.08. The van der Waals surface area contributed by atoms with Crippen LogP contribution < -0.4 is 19.9 Å². The Morgan fingerprint density at radius 3 is 1.62 bits per heavy atom. The van der Waals surface area contributed by atoms with Crippen LogP contribution in [0, 0.1) is 0 Å². The Bertz CT molecular complexity index is 1010. The van der Waals surface area contributed by atoms with Gasteiger partial charge in [0, 0.05) is 5.69 Å². The first kappa shape index (κ1) is 22.9. The van der Waals surface area contributed by atoms with Crippen LogP contribution in [0.3, 0.4) is 0 Å². The molecule has 3 rings (SSSR count). The van der Waals surface area contributed by atoms with Crippen LogP contribution in [0.15, 0.2) is 72.8 Å². The number of carbonyl (C=O) groups excluding carboxylic acids is 2. The molecule has 0 saturated heterocycles. The van der Waals surface area contributed by atoms with Crippen molar-refractivity contribution in [3.8, 4) is 17.2 Å². The van der Waals surface area contributed by atoms with Crippen molar-refractivity contribution in [2.45, 2.75) is 32.6 Å². The second-order valence-electron chi connectivity index (χ2n) is 7.31. The fourth-order valence-electron chi connectivity index (χ4n) is 2.93. The lowest BCUT2D eigenvalue weighted by Crippen LogP contribution is -2.09. The van der Waals surface area contributed by atoms with Gasteiger partial charge in [-0.05, 0) is 79.2 Å². The minimum Gasteiger partial charge on any atom is -0.494 e. The number of carbonyl (C=O) groups is 2. The molecule has 2 N–H and O–H groups in total. The number of esters is 2. The Morgan fingerprint density at radius 2 is 1.12 bits per heavy atom. The quantitative estimate of drug-likeness (QED) is 0.192. The summed E-state index contributed by atoms with van der Waals surface area (Å²) in [6.07, 6.45) is 4.57. The second kappa shape index (κ2) is 11.6. The van der Waals surface area contributed by atoms with E-state index in [1.807, 2.05) is 0 Å². The molecule has 3 aromatic rings. The Labute approximate surface area is 187 Å². The van der Waals surface area contributed by atoms with Gasteiger partial charge in [0.15, 0.2) is 0 Å². The van der Waals surface area contributed by atoms with Crippen LogP contribution in [0.4, 0.5) is 5.69 Å². The molecular formula is C26H27NO5. The molecule has 0 aliphatic carbocycles. The lowest BCUT2D eigenvalue weighted by atomic mass is 10.2. The second-order valence-corrected chi connectivity index (χ2v) is 7.31. The third-order valence-corrected chi connectivity index (χ3v) is 4.75. The Balaban J connectivity index is 1.49. The predicted octanol–water partition coefficient (Wildman–Crippen LogP) is 5.67. The van der Waals surface area contributed by atoms with E-state index >= 15 is 0 Å². The summed E-state index contributed by atoms with van der Waals surface area (Å²) in [5, 5.41) is 0. The summed E-state index contributed by atoms with van der Waals surface area (Å²) in [5.41, 5.74) is 7.00. The molecule has 0 heterocycles. The molecule has 0 bridgehead atoms. The van der Waals surface area contributed by atoms with Crippen LogP contribution in [0.25, 0.3) is 0 Å². The van der Waals surface area contributed by atoms with E-state index in [9.17, 15) is 9.59 Å². The van der Waals surface area contributed by atoms with E-state index in [1.54, 1.807) is 72.8 Å². The highest BCUT2D eigenvalue weighted by Gasteiger charge is 2.11. The van der Waals surface area contributed by atoms with Crippen LogP contribution in [-0.4, -0.2) is 18.5 Å². The number of rotatable bonds is 10. The molecule has 0 atom stereocenters. The molecule has 0 amide bonds. The van der Waals surface area contributed by atoms with E-state index in [-0.39, 0.29) is 0 Å². The van der Waals surface area contributed by atoms with Crippen LogP contribution in [0.5, 0.6) is 17.2 Å².